The minimum Gasteiger partial charge on any atom is -0.253 e. The number of aryl methyl sites for hydroxylation is 1. The van der Waals surface area contributed by atoms with E-state index in [9.17, 15) is 4.21 Å². The molecule has 0 aliphatic rings. The normalized spacial score (nSPS) is 15.6. The van der Waals surface area contributed by atoms with Gasteiger partial charge >= 0.3 is 0 Å². The maximum absolute atomic E-state index is 11.4. The van der Waals surface area contributed by atoms with Crippen molar-refractivity contribution >= 4 is 22.4 Å². The fraction of sp³-hybridized carbons (Fsp3) is 0.333. The van der Waals surface area contributed by atoms with Gasteiger partial charge in [-0.1, -0.05) is 17.7 Å². The van der Waals surface area contributed by atoms with Crippen molar-refractivity contribution in [2.24, 2.45) is 0 Å². The van der Waals surface area contributed by atoms with Gasteiger partial charge in [0.2, 0.25) is 0 Å². The van der Waals surface area contributed by atoms with E-state index in [1.807, 2.05) is 31.2 Å². The van der Waals surface area contributed by atoms with E-state index < -0.39 is 10.8 Å². The average molecular weight is 203 g/mol. The number of rotatable bonds is 2. The van der Waals surface area contributed by atoms with Crippen molar-refractivity contribution in [3.63, 3.8) is 0 Å². The molecule has 0 fully saturated rings. The summed E-state index contributed by atoms with van der Waals surface area (Å²) in [4.78, 5) is 0.795. The SMILES string of the molecule is Cc1ccc(S(=O)[C@H](C)Cl)cc1. The summed E-state index contributed by atoms with van der Waals surface area (Å²) in [7, 11) is -1.08. The Morgan fingerprint density at radius 3 is 2.25 bits per heavy atom. The molecule has 12 heavy (non-hydrogen) atoms. The maximum Gasteiger partial charge on any atom is 0.110 e. The van der Waals surface area contributed by atoms with Crippen LogP contribution in [0.2, 0.25) is 0 Å². The van der Waals surface area contributed by atoms with Crippen LogP contribution in [0.3, 0.4) is 0 Å². The first-order valence-electron chi connectivity index (χ1n) is 3.72. The predicted octanol–water partition coefficient (Wildman–Crippen LogP) is 2.69. The zero-order chi connectivity index (χ0) is 9.14. The van der Waals surface area contributed by atoms with Crippen molar-refractivity contribution < 1.29 is 4.21 Å². The summed E-state index contributed by atoms with van der Waals surface area (Å²) in [5, 5.41) is 0. The molecule has 1 rings (SSSR count). The highest BCUT2D eigenvalue weighted by Gasteiger charge is 2.08. The van der Waals surface area contributed by atoms with E-state index in [2.05, 4.69) is 0 Å². The van der Waals surface area contributed by atoms with Gasteiger partial charge in [-0.15, -0.1) is 11.6 Å². The number of hydrogen-bond acceptors (Lipinski definition) is 1. The van der Waals surface area contributed by atoms with Crippen molar-refractivity contribution in [2.75, 3.05) is 0 Å². The van der Waals surface area contributed by atoms with Gasteiger partial charge in [-0.25, -0.2) is 0 Å². The lowest BCUT2D eigenvalue weighted by Gasteiger charge is -2.03. The highest BCUT2D eigenvalue weighted by Crippen LogP contribution is 2.14. The Morgan fingerprint density at radius 2 is 1.83 bits per heavy atom. The molecule has 0 spiro atoms. The van der Waals surface area contributed by atoms with Gasteiger partial charge < -0.3 is 0 Å². The number of hydrogen-bond donors (Lipinski definition) is 0. The predicted molar refractivity (Wildman–Crippen MR) is 52.9 cm³/mol. The van der Waals surface area contributed by atoms with Gasteiger partial charge in [0.1, 0.15) is 4.71 Å². The van der Waals surface area contributed by atoms with Crippen LogP contribution in [-0.4, -0.2) is 8.92 Å². The first-order chi connectivity index (χ1) is 5.61. The van der Waals surface area contributed by atoms with E-state index >= 15 is 0 Å². The van der Waals surface area contributed by atoms with E-state index in [0.717, 1.165) is 10.5 Å². The third-order valence-electron chi connectivity index (χ3n) is 1.55. The van der Waals surface area contributed by atoms with Crippen LogP contribution in [0.25, 0.3) is 0 Å². The lowest BCUT2D eigenvalue weighted by molar-refractivity contribution is 0.682. The van der Waals surface area contributed by atoms with E-state index in [1.165, 1.54) is 0 Å². The monoisotopic (exact) mass is 202 g/mol. The van der Waals surface area contributed by atoms with E-state index in [4.69, 9.17) is 11.6 Å². The molecule has 0 bridgehead atoms. The van der Waals surface area contributed by atoms with E-state index in [1.54, 1.807) is 6.92 Å². The van der Waals surface area contributed by atoms with Crippen molar-refractivity contribution in [1.29, 1.82) is 0 Å². The lowest BCUT2D eigenvalue weighted by Crippen LogP contribution is -2.02. The van der Waals surface area contributed by atoms with Crippen LogP contribution in [0.4, 0.5) is 0 Å². The molecular formula is C9H11ClOS. The van der Waals surface area contributed by atoms with Gasteiger partial charge in [0.05, 0.1) is 10.8 Å². The van der Waals surface area contributed by atoms with Gasteiger partial charge in [-0.05, 0) is 26.0 Å². The Labute approximate surface area is 80.2 Å². The summed E-state index contributed by atoms with van der Waals surface area (Å²) in [5.41, 5.74) is 1.16. The number of benzene rings is 1. The van der Waals surface area contributed by atoms with Crippen LogP contribution in [-0.2, 0) is 10.8 Å². The summed E-state index contributed by atoms with van der Waals surface area (Å²) in [6, 6.07) is 7.58. The molecule has 0 amide bonds. The molecule has 1 aromatic carbocycles. The topological polar surface area (TPSA) is 17.1 Å². The largest absolute Gasteiger partial charge is 0.253 e. The maximum atomic E-state index is 11.4. The summed E-state index contributed by atoms with van der Waals surface area (Å²) in [5.74, 6) is 0. The van der Waals surface area contributed by atoms with Crippen molar-refractivity contribution in [1.82, 2.24) is 0 Å². The molecule has 0 aliphatic heterocycles. The summed E-state index contributed by atoms with van der Waals surface area (Å²) in [6.07, 6.45) is 0. The van der Waals surface area contributed by atoms with E-state index in [0.29, 0.717) is 0 Å². The summed E-state index contributed by atoms with van der Waals surface area (Å²) in [6.45, 7) is 3.73. The highest BCUT2D eigenvalue weighted by atomic mass is 35.5. The van der Waals surface area contributed by atoms with Crippen LogP contribution in [0.5, 0.6) is 0 Å². The Balaban J connectivity index is 2.90. The summed E-state index contributed by atoms with van der Waals surface area (Å²) >= 11 is 5.70. The van der Waals surface area contributed by atoms with Gasteiger partial charge in [0, 0.05) is 4.90 Å². The Kier molecular flexibility index (Phi) is 3.29. The number of halogens is 1. The lowest BCUT2D eigenvalue weighted by atomic mass is 10.2. The van der Waals surface area contributed by atoms with Gasteiger partial charge in [0.15, 0.2) is 0 Å². The molecule has 1 aromatic rings. The molecular weight excluding hydrogens is 192 g/mol. The minimum atomic E-state index is -1.08. The molecule has 0 radical (unpaired) electrons. The van der Waals surface area contributed by atoms with Crippen LogP contribution in [0.1, 0.15) is 12.5 Å². The molecule has 0 saturated heterocycles. The fourth-order valence-corrected chi connectivity index (χ4v) is 1.95. The Bertz CT molecular complexity index is 279. The first-order valence-corrected chi connectivity index (χ1v) is 5.37. The fourth-order valence-electron chi connectivity index (χ4n) is 0.860. The van der Waals surface area contributed by atoms with Crippen LogP contribution in [0.15, 0.2) is 29.2 Å². The quantitative estimate of drug-likeness (QED) is 0.674. The standard InChI is InChI=1S/C9H11ClOS/c1-7-3-5-9(6-4-7)12(11)8(2)10/h3-6,8H,1-2H3/t8-,12?/m1/s1. The molecule has 0 N–H and O–H groups in total. The van der Waals surface area contributed by atoms with E-state index in [-0.39, 0.29) is 4.71 Å². The molecule has 1 unspecified atom stereocenters. The Hall–Kier alpha value is -0.340. The highest BCUT2D eigenvalue weighted by molar-refractivity contribution is 7.87. The van der Waals surface area contributed by atoms with Crippen molar-refractivity contribution in [3.05, 3.63) is 29.8 Å². The molecule has 0 aliphatic carbocycles. The van der Waals surface area contributed by atoms with Crippen LogP contribution in [0, 0.1) is 6.92 Å². The molecule has 0 heterocycles. The molecule has 0 aromatic heterocycles. The second-order valence-corrected chi connectivity index (χ2v) is 5.34. The van der Waals surface area contributed by atoms with Crippen LogP contribution < -0.4 is 0 Å². The number of alkyl halides is 1. The molecule has 0 saturated carbocycles. The molecule has 3 heteroatoms. The van der Waals surface area contributed by atoms with Crippen molar-refractivity contribution in [2.45, 2.75) is 23.5 Å². The molecule has 1 nitrogen and oxygen atoms in total. The second-order valence-electron chi connectivity index (χ2n) is 2.65. The van der Waals surface area contributed by atoms with Crippen LogP contribution >= 0.6 is 11.6 Å². The third kappa shape index (κ3) is 2.32. The first kappa shape index (κ1) is 9.75. The second kappa shape index (κ2) is 4.06. The molecule has 2 atom stereocenters. The van der Waals surface area contributed by atoms with Gasteiger partial charge in [-0.3, -0.25) is 4.21 Å². The summed E-state index contributed by atoms with van der Waals surface area (Å²) < 4.78 is 11.1. The third-order valence-corrected chi connectivity index (χ3v) is 3.36. The Morgan fingerprint density at radius 1 is 1.33 bits per heavy atom. The van der Waals surface area contributed by atoms with Gasteiger partial charge in [0.25, 0.3) is 0 Å². The van der Waals surface area contributed by atoms with Gasteiger partial charge in [-0.2, -0.15) is 0 Å². The van der Waals surface area contributed by atoms with Crippen molar-refractivity contribution in [3.8, 4) is 0 Å². The average Bonchev–Trinajstić information content (AvgIpc) is 2.04. The zero-order valence-corrected chi connectivity index (χ0v) is 8.65. The smallest absolute Gasteiger partial charge is 0.110 e. The minimum absolute atomic E-state index is 0.326. The zero-order valence-electron chi connectivity index (χ0n) is 7.08. The molecule has 66 valence electrons.